The Balaban J connectivity index is 1.90. The SMILES string of the molecule is CC1CNCC1C(=O)Nc1ccc(CCC(=O)O)cc1. The third-order valence-electron chi connectivity index (χ3n) is 3.70. The van der Waals surface area contributed by atoms with Crippen molar-refractivity contribution < 1.29 is 14.7 Å². The fraction of sp³-hybridized carbons (Fsp3) is 0.467. The zero-order valence-corrected chi connectivity index (χ0v) is 11.6. The van der Waals surface area contributed by atoms with E-state index in [1.165, 1.54) is 0 Å². The molecule has 3 N–H and O–H groups in total. The molecule has 1 saturated heterocycles. The summed E-state index contributed by atoms with van der Waals surface area (Å²) in [5.41, 5.74) is 1.72. The summed E-state index contributed by atoms with van der Waals surface area (Å²) in [6.45, 7) is 3.68. The molecule has 1 aromatic rings. The smallest absolute Gasteiger partial charge is 0.303 e. The Hall–Kier alpha value is -1.88. The Morgan fingerprint density at radius 3 is 2.55 bits per heavy atom. The summed E-state index contributed by atoms with van der Waals surface area (Å²) in [6.07, 6.45) is 0.629. The zero-order valence-electron chi connectivity index (χ0n) is 11.6. The van der Waals surface area contributed by atoms with E-state index in [4.69, 9.17) is 5.11 Å². The van der Waals surface area contributed by atoms with Gasteiger partial charge in [0.15, 0.2) is 0 Å². The van der Waals surface area contributed by atoms with Crippen molar-refractivity contribution in [1.82, 2.24) is 5.32 Å². The van der Waals surface area contributed by atoms with Gasteiger partial charge in [-0.25, -0.2) is 0 Å². The average molecular weight is 276 g/mol. The molecule has 0 aromatic heterocycles. The van der Waals surface area contributed by atoms with Crippen LogP contribution in [0.4, 0.5) is 5.69 Å². The molecule has 2 rings (SSSR count). The number of nitrogens with one attached hydrogen (secondary N) is 2. The van der Waals surface area contributed by atoms with E-state index < -0.39 is 5.97 Å². The van der Waals surface area contributed by atoms with Crippen LogP contribution >= 0.6 is 0 Å². The number of carbonyl (C=O) groups excluding carboxylic acids is 1. The molecule has 1 aliphatic rings. The van der Waals surface area contributed by atoms with Crippen molar-refractivity contribution >= 4 is 17.6 Å². The van der Waals surface area contributed by atoms with Gasteiger partial charge in [-0.15, -0.1) is 0 Å². The quantitative estimate of drug-likeness (QED) is 0.761. The van der Waals surface area contributed by atoms with E-state index in [1.54, 1.807) is 0 Å². The third kappa shape index (κ3) is 3.81. The number of rotatable bonds is 5. The first-order valence-electron chi connectivity index (χ1n) is 6.88. The van der Waals surface area contributed by atoms with Gasteiger partial charge in [-0.1, -0.05) is 19.1 Å². The van der Waals surface area contributed by atoms with Crippen LogP contribution in [0.25, 0.3) is 0 Å². The molecule has 5 heteroatoms. The summed E-state index contributed by atoms with van der Waals surface area (Å²) in [6, 6.07) is 7.36. The minimum absolute atomic E-state index is 0.0155. The summed E-state index contributed by atoms with van der Waals surface area (Å²) in [7, 11) is 0. The van der Waals surface area contributed by atoms with Crippen LogP contribution in [0, 0.1) is 11.8 Å². The van der Waals surface area contributed by atoms with E-state index in [0.717, 1.165) is 24.3 Å². The summed E-state index contributed by atoms with van der Waals surface area (Å²) in [5.74, 6) is -0.391. The second-order valence-corrected chi connectivity index (χ2v) is 5.32. The van der Waals surface area contributed by atoms with E-state index in [1.807, 2.05) is 24.3 Å². The lowest BCUT2D eigenvalue weighted by Gasteiger charge is -2.14. The molecule has 1 aliphatic heterocycles. The molecular weight excluding hydrogens is 256 g/mol. The minimum atomic E-state index is -0.801. The predicted octanol–water partition coefficient (Wildman–Crippen LogP) is 1.50. The Bertz CT molecular complexity index is 484. The van der Waals surface area contributed by atoms with Gasteiger partial charge in [-0.05, 0) is 36.6 Å². The van der Waals surface area contributed by atoms with Crippen LogP contribution in [-0.4, -0.2) is 30.1 Å². The lowest BCUT2D eigenvalue weighted by Crippen LogP contribution is -2.27. The van der Waals surface area contributed by atoms with Crippen molar-refractivity contribution in [2.75, 3.05) is 18.4 Å². The number of amides is 1. The van der Waals surface area contributed by atoms with Crippen molar-refractivity contribution in [3.05, 3.63) is 29.8 Å². The molecule has 0 saturated carbocycles. The van der Waals surface area contributed by atoms with Crippen LogP contribution < -0.4 is 10.6 Å². The number of hydrogen-bond acceptors (Lipinski definition) is 3. The number of aliphatic carboxylic acids is 1. The summed E-state index contributed by atoms with van der Waals surface area (Å²) >= 11 is 0. The van der Waals surface area contributed by atoms with Gasteiger partial charge in [-0.2, -0.15) is 0 Å². The van der Waals surface area contributed by atoms with Crippen LogP contribution in [0.3, 0.4) is 0 Å². The third-order valence-corrected chi connectivity index (χ3v) is 3.70. The molecule has 0 spiro atoms. The largest absolute Gasteiger partial charge is 0.481 e. The number of carboxylic acids is 1. The Morgan fingerprint density at radius 1 is 1.30 bits per heavy atom. The van der Waals surface area contributed by atoms with E-state index in [2.05, 4.69) is 17.6 Å². The highest BCUT2D eigenvalue weighted by Crippen LogP contribution is 2.19. The highest BCUT2D eigenvalue weighted by Gasteiger charge is 2.29. The van der Waals surface area contributed by atoms with Crippen LogP contribution in [0.1, 0.15) is 18.9 Å². The number of aryl methyl sites for hydroxylation is 1. The van der Waals surface area contributed by atoms with E-state index >= 15 is 0 Å². The van der Waals surface area contributed by atoms with E-state index in [0.29, 0.717) is 12.3 Å². The molecule has 0 bridgehead atoms. The Kier molecular flexibility index (Phi) is 4.74. The van der Waals surface area contributed by atoms with Gasteiger partial charge < -0.3 is 15.7 Å². The second-order valence-electron chi connectivity index (χ2n) is 5.32. The number of hydrogen-bond donors (Lipinski definition) is 3. The van der Waals surface area contributed by atoms with Crippen molar-refractivity contribution in [2.45, 2.75) is 19.8 Å². The maximum atomic E-state index is 12.1. The first kappa shape index (κ1) is 14.5. The fourth-order valence-corrected chi connectivity index (χ4v) is 2.40. The van der Waals surface area contributed by atoms with E-state index in [9.17, 15) is 9.59 Å². The van der Waals surface area contributed by atoms with Crippen LogP contribution in [0.5, 0.6) is 0 Å². The summed E-state index contributed by atoms with van der Waals surface area (Å²) in [5, 5.41) is 14.8. The first-order valence-corrected chi connectivity index (χ1v) is 6.88. The topological polar surface area (TPSA) is 78.4 Å². The normalized spacial score (nSPS) is 21.6. The molecular formula is C15H20N2O3. The first-order chi connectivity index (χ1) is 9.56. The minimum Gasteiger partial charge on any atom is -0.481 e. The molecule has 2 atom stereocenters. The zero-order chi connectivity index (χ0) is 14.5. The molecule has 1 amide bonds. The lowest BCUT2D eigenvalue weighted by atomic mass is 9.97. The van der Waals surface area contributed by atoms with Crippen molar-refractivity contribution in [3.63, 3.8) is 0 Å². The van der Waals surface area contributed by atoms with Crippen LogP contribution in [-0.2, 0) is 16.0 Å². The molecule has 1 fully saturated rings. The maximum absolute atomic E-state index is 12.1. The van der Waals surface area contributed by atoms with Gasteiger partial charge in [0, 0.05) is 18.7 Å². The van der Waals surface area contributed by atoms with Crippen molar-refractivity contribution in [3.8, 4) is 0 Å². The number of anilines is 1. The van der Waals surface area contributed by atoms with E-state index in [-0.39, 0.29) is 18.2 Å². The molecule has 1 heterocycles. The number of carboxylic acid groups (broad SMARTS) is 1. The van der Waals surface area contributed by atoms with Gasteiger partial charge in [0.25, 0.3) is 0 Å². The summed E-state index contributed by atoms with van der Waals surface area (Å²) < 4.78 is 0. The molecule has 0 aliphatic carbocycles. The Labute approximate surface area is 118 Å². The average Bonchev–Trinajstić information content (AvgIpc) is 2.84. The number of benzene rings is 1. The highest BCUT2D eigenvalue weighted by molar-refractivity contribution is 5.93. The van der Waals surface area contributed by atoms with Crippen molar-refractivity contribution in [1.29, 1.82) is 0 Å². The Morgan fingerprint density at radius 2 is 2.00 bits per heavy atom. The van der Waals surface area contributed by atoms with Gasteiger partial charge in [-0.3, -0.25) is 9.59 Å². The summed E-state index contributed by atoms with van der Waals surface area (Å²) in [4.78, 5) is 22.6. The molecule has 1 aromatic carbocycles. The molecule has 2 unspecified atom stereocenters. The van der Waals surface area contributed by atoms with Crippen molar-refractivity contribution in [2.24, 2.45) is 11.8 Å². The predicted molar refractivity (Wildman–Crippen MR) is 76.6 cm³/mol. The maximum Gasteiger partial charge on any atom is 0.303 e. The molecule has 108 valence electrons. The van der Waals surface area contributed by atoms with Gasteiger partial charge in [0.2, 0.25) is 5.91 Å². The molecule has 20 heavy (non-hydrogen) atoms. The van der Waals surface area contributed by atoms with Gasteiger partial charge in [0.05, 0.1) is 5.92 Å². The molecule has 0 radical (unpaired) electrons. The van der Waals surface area contributed by atoms with Gasteiger partial charge in [0.1, 0.15) is 0 Å². The van der Waals surface area contributed by atoms with Crippen LogP contribution in [0.2, 0.25) is 0 Å². The molecule has 5 nitrogen and oxygen atoms in total. The lowest BCUT2D eigenvalue weighted by molar-refractivity contribution is -0.137. The highest BCUT2D eigenvalue weighted by atomic mass is 16.4. The second kappa shape index (κ2) is 6.52. The monoisotopic (exact) mass is 276 g/mol. The standard InChI is InChI=1S/C15H20N2O3/c1-10-8-16-9-13(10)15(20)17-12-5-2-11(3-6-12)4-7-14(18)19/h2-3,5-6,10,13,16H,4,7-9H2,1H3,(H,17,20)(H,18,19). The van der Waals surface area contributed by atoms with Crippen LogP contribution in [0.15, 0.2) is 24.3 Å². The number of carbonyl (C=O) groups is 2. The fourth-order valence-electron chi connectivity index (χ4n) is 2.40. The van der Waals surface area contributed by atoms with Gasteiger partial charge >= 0.3 is 5.97 Å².